The first-order valence-corrected chi connectivity index (χ1v) is 6.47. The third-order valence-electron chi connectivity index (χ3n) is 3.40. The van der Waals surface area contributed by atoms with E-state index in [4.69, 9.17) is 16.3 Å². The number of rotatable bonds is 1. The van der Waals surface area contributed by atoms with Crippen molar-refractivity contribution in [1.29, 1.82) is 0 Å². The van der Waals surface area contributed by atoms with Crippen molar-refractivity contribution in [3.63, 3.8) is 0 Å². The van der Waals surface area contributed by atoms with Gasteiger partial charge in [0.15, 0.2) is 0 Å². The number of morpholine rings is 1. The Morgan fingerprint density at radius 2 is 2.26 bits per heavy atom. The van der Waals surface area contributed by atoms with Crippen LogP contribution in [0.5, 0.6) is 0 Å². The van der Waals surface area contributed by atoms with Gasteiger partial charge in [-0.3, -0.25) is 9.59 Å². The molecule has 0 radical (unpaired) electrons. The molecule has 0 bridgehead atoms. The molecule has 1 N–H and O–H groups in total. The molecule has 0 spiro atoms. The van der Waals surface area contributed by atoms with Gasteiger partial charge in [-0.1, -0.05) is 17.7 Å². The summed E-state index contributed by atoms with van der Waals surface area (Å²) in [5, 5.41) is 3.38. The van der Waals surface area contributed by atoms with Crippen molar-refractivity contribution in [2.45, 2.75) is 12.1 Å². The summed E-state index contributed by atoms with van der Waals surface area (Å²) in [5.41, 5.74) is 0.553. The number of nitrogens with one attached hydrogen (secondary N) is 1. The van der Waals surface area contributed by atoms with Crippen molar-refractivity contribution in [3.05, 3.63) is 34.9 Å². The fourth-order valence-corrected chi connectivity index (χ4v) is 2.67. The maximum atomic E-state index is 12.3. The smallest absolute Gasteiger partial charge is 0.254 e. The summed E-state index contributed by atoms with van der Waals surface area (Å²) in [7, 11) is 0. The molecular weight excluding hydrogens is 268 g/mol. The molecular formula is C13H13ClN2O3. The van der Waals surface area contributed by atoms with Crippen molar-refractivity contribution < 1.29 is 14.3 Å². The zero-order chi connectivity index (χ0) is 13.4. The Morgan fingerprint density at radius 3 is 3.05 bits per heavy atom. The first-order valence-electron chi connectivity index (χ1n) is 6.09. The van der Waals surface area contributed by atoms with E-state index in [1.54, 1.807) is 29.2 Å². The minimum Gasteiger partial charge on any atom is -0.364 e. The second-order valence-electron chi connectivity index (χ2n) is 4.74. The number of benzene rings is 1. The highest BCUT2D eigenvalue weighted by Crippen LogP contribution is 2.20. The van der Waals surface area contributed by atoms with Gasteiger partial charge < -0.3 is 15.0 Å². The molecule has 0 aliphatic carbocycles. The number of amides is 2. The van der Waals surface area contributed by atoms with Crippen LogP contribution in [0.2, 0.25) is 5.02 Å². The molecule has 3 rings (SSSR count). The lowest BCUT2D eigenvalue weighted by Gasteiger charge is -2.24. The summed E-state index contributed by atoms with van der Waals surface area (Å²) in [5.74, 6) is -0.215. The molecule has 2 fully saturated rings. The highest BCUT2D eigenvalue weighted by Gasteiger charge is 2.39. The van der Waals surface area contributed by atoms with Crippen LogP contribution in [0.1, 0.15) is 10.4 Å². The maximum absolute atomic E-state index is 12.3. The molecule has 1 aromatic carbocycles. The summed E-state index contributed by atoms with van der Waals surface area (Å²) in [6.45, 7) is 1.04. The predicted octanol–water partition coefficient (Wildman–Crippen LogP) is 0.679. The van der Waals surface area contributed by atoms with E-state index in [0.717, 1.165) is 0 Å². The zero-order valence-corrected chi connectivity index (χ0v) is 10.9. The number of ether oxygens (including phenoxy) is 1. The van der Waals surface area contributed by atoms with Gasteiger partial charge in [0, 0.05) is 23.7 Å². The normalized spacial score (nSPS) is 25.9. The van der Waals surface area contributed by atoms with E-state index in [0.29, 0.717) is 23.7 Å². The van der Waals surface area contributed by atoms with Crippen LogP contribution >= 0.6 is 11.6 Å². The number of fused-ring (bicyclic) bond motifs is 1. The quantitative estimate of drug-likeness (QED) is 0.823. The maximum Gasteiger partial charge on any atom is 0.254 e. The number of carbonyl (C=O) groups is 2. The van der Waals surface area contributed by atoms with E-state index in [-0.39, 0.29) is 30.6 Å². The van der Waals surface area contributed by atoms with Gasteiger partial charge in [0.1, 0.15) is 6.61 Å². The Morgan fingerprint density at radius 1 is 1.42 bits per heavy atom. The third kappa shape index (κ3) is 2.43. The molecule has 1 aromatic rings. The van der Waals surface area contributed by atoms with Gasteiger partial charge in [-0.25, -0.2) is 0 Å². The van der Waals surface area contributed by atoms with E-state index in [9.17, 15) is 9.59 Å². The minimum absolute atomic E-state index is 0.0698. The zero-order valence-electron chi connectivity index (χ0n) is 10.1. The highest BCUT2D eigenvalue weighted by atomic mass is 35.5. The van der Waals surface area contributed by atoms with Crippen LogP contribution in [0, 0.1) is 0 Å². The molecule has 2 amide bonds. The van der Waals surface area contributed by atoms with Crippen molar-refractivity contribution in [1.82, 2.24) is 10.2 Å². The summed E-state index contributed by atoms with van der Waals surface area (Å²) in [6.07, 6.45) is -0.110. The van der Waals surface area contributed by atoms with Gasteiger partial charge in [-0.05, 0) is 18.2 Å². The molecule has 0 unspecified atom stereocenters. The lowest BCUT2D eigenvalue weighted by atomic mass is 10.2. The predicted molar refractivity (Wildman–Crippen MR) is 69.0 cm³/mol. The second-order valence-corrected chi connectivity index (χ2v) is 5.18. The Bertz CT molecular complexity index is 534. The lowest BCUT2D eigenvalue weighted by molar-refractivity contribution is -0.134. The Balaban J connectivity index is 1.74. The van der Waals surface area contributed by atoms with Crippen LogP contribution in [-0.4, -0.2) is 48.6 Å². The highest BCUT2D eigenvalue weighted by molar-refractivity contribution is 6.30. The third-order valence-corrected chi connectivity index (χ3v) is 3.63. The number of hydrogen-bond donors (Lipinski definition) is 1. The van der Waals surface area contributed by atoms with Crippen LogP contribution in [0.4, 0.5) is 0 Å². The molecule has 2 aliphatic heterocycles. The van der Waals surface area contributed by atoms with Crippen LogP contribution in [0.15, 0.2) is 24.3 Å². The van der Waals surface area contributed by atoms with Gasteiger partial charge in [-0.15, -0.1) is 0 Å². The summed E-state index contributed by atoms with van der Waals surface area (Å²) in [4.78, 5) is 25.3. The molecule has 2 atom stereocenters. The lowest BCUT2D eigenvalue weighted by Crippen LogP contribution is -2.50. The van der Waals surface area contributed by atoms with Crippen LogP contribution in [0.25, 0.3) is 0 Å². The molecule has 5 nitrogen and oxygen atoms in total. The number of carbonyl (C=O) groups excluding carboxylic acids is 2. The topological polar surface area (TPSA) is 58.6 Å². The van der Waals surface area contributed by atoms with Crippen LogP contribution in [0.3, 0.4) is 0 Å². The van der Waals surface area contributed by atoms with Crippen LogP contribution < -0.4 is 5.32 Å². The van der Waals surface area contributed by atoms with Gasteiger partial charge in [-0.2, -0.15) is 0 Å². The van der Waals surface area contributed by atoms with Gasteiger partial charge in [0.2, 0.25) is 5.91 Å². The average molecular weight is 281 g/mol. The molecule has 100 valence electrons. The second kappa shape index (κ2) is 4.83. The van der Waals surface area contributed by atoms with E-state index in [2.05, 4.69) is 5.32 Å². The number of likely N-dealkylation sites (tertiary alicyclic amines) is 1. The number of hydrogen-bond acceptors (Lipinski definition) is 3. The molecule has 2 saturated heterocycles. The van der Waals surface area contributed by atoms with E-state index in [1.807, 2.05) is 0 Å². The first kappa shape index (κ1) is 12.4. The SMILES string of the molecule is O=C1CO[C@H]2CN(C(=O)c3cccc(Cl)c3)C[C@@H]2N1. The largest absolute Gasteiger partial charge is 0.364 e. The Labute approximate surface area is 115 Å². The first-order chi connectivity index (χ1) is 9.13. The Kier molecular flexibility index (Phi) is 3.16. The van der Waals surface area contributed by atoms with Crippen molar-refractivity contribution in [2.75, 3.05) is 19.7 Å². The van der Waals surface area contributed by atoms with E-state index in [1.165, 1.54) is 0 Å². The van der Waals surface area contributed by atoms with E-state index >= 15 is 0 Å². The molecule has 2 aliphatic rings. The average Bonchev–Trinajstić information content (AvgIpc) is 2.80. The van der Waals surface area contributed by atoms with Crippen LogP contribution in [-0.2, 0) is 9.53 Å². The summed E-state index contributed by atoms with van der Waals surface area (Å²) in [6, 6.07) is 6.74. The monoisotopic (exact) mass is 280 g/mol. The molecule has 0 saturated carbocycles. The van der Waals surface area contributed by atoms with Crippen molar-refractivity contribution in [3.8, 4) is 0 Å². The molecule has 0 aromatic heterocycles. The van der Waals surface area contributed by atoms with Crippen molar-refractivity contribution >= 4 is 23.4 Å². The fraction of sp³-hybridized carbons (Fsp3) is 0.385. The number of halogens is 1. The number of nitrogens with zero attached hydrogens (tertiary/aromatic N) is 1. The molecule has 19 heavy (non-hydrogen) atoms. The van der Waals surface area contributed by atoms with Gasteiger partial charge in [0.05, 0.1) is 12.1 Å². The minimum atomic E-state index is -0.127. The summed E-state index contributed by atoms with van der Waals surface area (Å²) >= 11 is 5.88. The summed E-state index contributed by atoms with van der Waals surface area (Å²) < 4.78 is 5.42. The fourth-order valence-electron chi connectivity index (χ4n) is 2.48. The van der Waals surface area contributed by atoms with Crippen molar-refractivity contribution in [2.24, 2.45) is 0 Å². The van der Waals surface area contributed by atoms with Gasteiger partial charge in [0.25, 0.3) is 5.91 Å². The standard InChI is InChI=1S/C13H13ClN2O3/c14-9-3-1-2-8(4-9)13(18)16-5-10-11(6-16)19-7-12(17)15-10/h1-4,10-11H,5-7H2,(H,15,17)/t10-,11-/m0/s1. The Hall–Kier alpha value is -1.59. The van der Waals surface area contributed by atoms with E-state index < -0.39 is 0 Å². The molecule has 2 heterocycles. The van der Waals surface area contributed by atoms with Gasteiger partial charge >= 0.3 is 0 Å². The molecule has 6 heteroatoms.